The molecule has 4 aliphatic carbocycles. The van der Waals surface area contributed by atoms with E-state index in [1.165, 1.54) is 7.11 Å². The second kappa shape index (κ2) is 16.1. The van der Waals surface area contributed by atoms with Gasteiger partial charge in [-0.2, -0.15) is 0 Å². The van der Waals surface area contributed by atoms with Crippen molar-refractivity contribution in [3.05, 3.63) is 71.8 Å². The summed E-state index contributed by atoms with van der Waals surface area (Å²) in [5.41, 5.74) is 0.835. The molecule has 7 fully saturated rings. The summed E-state index contributed by atoms with van der Waals surface area (Å²) in [6, 6.07) is 17.7. The first kappa shape index (κ1) is 41.5. The predicted octanol–water partition coefficient (Wildman–Crippen LogP) is 6.97. The third kappa shape index (κ3) is 7.18. The quantitative estimate of drug-likeness (QED) is 0.211. The zero-order chi connectivity index (χ0) is 41.3. The van der Waals surface area contributed by atoms with Gasteiger partial charge in [0.25, 0.3) is 0 Å². The highest BCUT2D eigenvalue weighted by atomic mass is 16.7. The van der Waals surface area contributed by atoms with Crippen LogP contribution in [0.15, 0.2) is 60.7 Å². The van der Waals surface area contributed by atoms with Crippen LogP contribution >= 0.6 is 0 Å². The molecule has 3 saturated heterocycles. The van der Waals surface area contributed by atoms with Crippen molar-refractivity contribution < 1.29 is 53.0 Å². The smallest absolute Gasteiger partial charge is 0.338 e. The van der Waals surface area contributed by atoms with Crippen LogP contribution in [0.3, 0.4) is 0 Å². The lowest BCUT2D eigenvalue weighted by molar-refractivity contribution is -0.317. The number of fused-ring (bicyclic) bond motifs is 7. The maximum Gasteiger partial charge on any atom is 0.338 e. The maximum absolute atomic E-state index is 13.9. The fourth-order valence-corrected chi connectivity index (χ4v) is 13.7. The van der Waals surface area contributed by atoms with Crippen molar-refractivity contribution in [3.8, 4) is 0 Å². The molecule has 0 radical (unpaired) electrons. The van der Waals surface area contributed by atoms with Gasteiger partial charge in [-0.05, 0) is 116 Å². The van der Waals surface area contributed by atoms with Crippen LogP contribution in [0, 0.1) is 52.3 Å². The Bertz CT molecular complexity index is 1800. The zero-order valence-electron chi connectivity index (χ0n) is 35.3. The number of hydrogen-bond donors (Lipinski definition) is 2. The number of rotatable bonds is 8. The van der Waals surface area contributed by atoms with Crippen LogP contribution in [-0.2, 0) is 33.2 Å². The van der Waals surface area contributed by atoms with E-state index in [4.69, 9.17) is 33.2 Å². The number of aliphatic hydroxyl groups excluding tert-OH is 2. The van der Waals surface area contributed by atoms with Crippen molar-refractivity contribution in [2.24, 2.45) is 52.3 Å². The van der Waals surface area contributed by atoms with Crippen LogP contribution in [-0.4, -0.2) is 97.3 Å². The second-order valence-electron chi connectivity index (χ2n) is 19.8. The summed E-state index contributed by atoms with van der Waals surface area (Å²) in [5, 5.41) is 22.8. The third-order valence-corrected chi connectivity index (χ3v) is 16.7. The highest BCUT2D eigenvalue weighted by molar-refractivity contribution is 5.90. The molecule has 0 amide bonds. The largest absolute Gasteiger partial charge is 0.458 e. The number of ether oxygens (including phenoxy) is 7. The lowest BCUT2D eigenvalue weighted by Crippen LogP contribution is -2.62. The Morgan fingerprint density at radius 1 is 0.780 bits per heavy atom. The van der Waals surface area contributed by atoms with Crippen molar-refractivity contribution in [1.82, 2.24) is 0 Å². The molecule has 1 spiro atoms. The highest BCUT2D eigenvalue weighted by Crippen LogP contribution is 2.71. The number of esters is 2. The SMILES string of the molecule is COC[C@H]1O[C@@H](O[C@H]2CC[C@@]3(C)[C@H](C2)[C@@H](OC(=O)c2ccccc2)C[C@@H]2[C@@H]3CC[C@]3(C)[C@@H]4[C@H](C[C@@H]23)O[C@]2(CC[C@@H](C)CO2)[C@H]4C)[C@H](O)[C@@H](OC(=O)c2ccccc2)[C@@H]1O. The molecule has 0 unspecified atom stereocenters. The fourth-order valence-electron chi connectivity index (χ4n) is 13.7. The average Bonchev–Trinajstić information content (AvgIpc) is 3.69. The van der Waals surface area contributed by atoms with Gasteiger partial charge in [0.2, 0.25) is 0 Å². The molecule has 322 valence electrons. The van der Waals surface area contributed by atoms with Crippen molar-refractivity contribution in [1.29, 1.82) is 0 Å². The van der Waals surface area contributed by atoms with E-state index in [-0.39, 0.29) is 47.6 Å². The molecule has 2 aromatic rings. The van der Waals surface area contributed by atoms with E-state index in [1.54, 1.807) is 30.3 Å². The van der Waals surface area contributed by atoms with E-state index < -0.39 is 42.5 Å². The van der Waals surface area contributed by atoms with Gasteiger partial charge < -0.3 is 43.4 Å². The molecule has 11 heteroatoms. The molecule has 2 aromatic carbocycles. The first-order chi connectivity index (χ1) is 28.3. The van der Waals surface area contributed by atoms with Gasteiger partial charge >= 0.3 is 11.9 Å². The first-order valence-corrected chi connectivity index (χ1v) is 22.3. The summed E-state index contributed by atoms with van der Waals surface area (Å²) in [7, 11) is 1.50. The summed E-state index contributed by atoms with van der Waals surface area (Å²) in [4.78, 5) is 27.1. The highest BCUT2D eigenvalue weighted by Gasteiger charge is 2.70. The lowest BCUT2D eigenvalue weighted by atomic mass is 9.43. The molecule has 11 nitrogen and oxygen atoms in total. The van der Waals surface area contributed by atoms with Crippen molar-refractivity contribution in [3.63, 3.8) is 0 Å². The predicted molar refractivity (Wildman–Crippen MR) is 216 cm³/mol. The van der Waals surface area contributed by atoms with Crippen LogP contribution in [0.5, 0.6) is 0 Å². The second-order valence-corrected chi connectivity index (χ2v) is 19.8. The molecule has 3 heterocycles. The Hall–Kier alpha value is -2.90. The molecule has 9 rings (SSSR count). The Labute approximate surface area is 348 Å². The third-order valence-electron chi connectivity index (χ3n) is 16.7. The van der Waals surface area contributed by atoms with E-state index >= 15 is 0 Å². The normalized spacial score (nSPS) is 46.4. The molecule has 0 aromatic heterocycles. The summed E-state index contributed by atoms with van der Waals surface area (Å²) < 4.78 is 44.2. The van der Waals surface area contributed by atoms with Crippen LogP contribution in [0.2, 0.25) is 0 Å². The topological polar surface area (TPSA) is 139 Å². The molecule has 2 N–H and O–H groups in total. The lowest BCUT2D eigenvalue weighted by Gasteiger charge is -2.63. The molecule has 4 saturated carbocycles. The summed E-state index contributed by atoms with van der Waals surface area (Å²) >= 11 is 0. The number of methoxy groups -OCH3 is 1. The number of hydrogen-bond acceptors (Lipinski definition) is 11. The van der Waals surface area contributed by atoms with Crippen molar-refractivity contribution >= 4 is 11.9 Å². The Morgan fingerprint density at radius 2 is 1.46 bits per heavy atom. The van der Waals surface area contributed by atoms with Crippen LogP contribution in [0.25, 0.3) is 0 Å². The Morgan fingerprint density at radius 3 is 2.12 bits per heavy atom. The van der Waals surface area contributed by atoms with E-state index in [1.807, 2.05) is 30.3 Å². The molecule has 0 bridgehead atoms. The number of aliphatic hydroxyl groups is 2. The van der Waals surface area contributed by atoms with Crippen molar-refractivity contribution in [2.75, 3.05) is 20.3 Å². The van der Waals surface area contributed by atoms with E-state index in [2.05, 4.69) is 27.7 Å². The molecule has 59 heavy (non-hydrogen) atoms. The first-order valence-electron chi connectivity index (χ1n) is 22.3. The van der Waals surface area contributed by atoms with E-state index in [0.717, 1.165) is 58.0 Å². The minimum absolute atomic E-state index is 0.00398. The van der Waals surface area contributed by atoms with Gasteiger partial charge in [0.15, 0.2) is 18.2 Å². The number of benzene rings is 2. The number of carbonyl (C=O) groups excluding carboxylic acids is 2. The van der Waals surface area contributed by atoms with Crippen LogP contribution in [0.4, 0.5) is 0 Å². The summed E-state index contributed by atoms with van der Waals surface area (Å²) in [6.45, 7) is 10.4. The molecular formula is C48H64O11. The van der Waals surface area contributed by atoms with Crippen LogP contribution in [0.1, 0.15) is 106 Å². The van der Waals surface area contributed by atoms with Gasteiger partial charge in [0.1, 0.15) is 24.4 Å². The van der Waals surface area contributed by atoms with Crippen LogP contribution < -0.4 is 0 Å². The van der Waals surface area contributed by atoms with E-state index in [0.29, 0.717) is 53.1 Å². The molecule has 3 aliphatic heterocycles. The zero-order valence-corrected chi connectivity index (χ0v) is 35.3. The summed E-state index contributed by atoms with van der Waals surface area (Å²) in [6.07, 6.45) is 1.67. The summed E-state index contributed by atoms with van der Waals surface area (Å²) in [5.74, 6) is 1.16. The van der Waals surface area contributed by atoms with Gasteiger partial charge in [0.05, 0.1) is 36.5 Å². The van der Waals surface area contributed by atoms with Crippen molar-refractivity contribution in [2.45, 2.75) is 140 Å². The Balaban J connectivity index is 0.959. The minimum Gasteiger partial charge on any atom is -0.458 e. The molecule has 7 aliphatic rings. The van der Waals surface area contributed by atoms with Gasteiger partial charge in [0, 0.05) is 25.4 Å². The number of carbonyl (C=O) groups is 2. The van der Waals surface area contributed by atoms with E-state index in [9.17, 15) is 19.8 Å². The molecular weight excluding hydrogens is 753 g/mol. The maximum atomic E-state index is 13.9. The van der Waals surface area contributed by atoms with Gasteiger partial charge in [-0.25, -0.2) is 9.59 Å². The molecule has 18 atom stereocenters. The standard InChI is InChI=1S/C48H64O11/c1-27-16-21-48(54-25-27)28(2)39-37(59-48)24-34-32-23-36(56-43(51)29-12-8-6-9-13-29)35-22-31(17-19-46(35,3)33(32)18-20-47(34,39)4)55-45-41(50)42(40(49)38(57-45)26-53-5)58-44(52)30-14-10-7-11-15-30/h6-15,27-28,31-42,45,49-50H,16-26H2,1-5H3/t27-,28+,31+,32-,33+,34+,35-,36+,37+,38-,39+,40-,41-,42+,45-,46-,47+,48-/m1/s1. The average molecular weight is 817 g/mol. The fraction of sp³-hybridized carbons (Fsp3) is 0.708. The van der Waals surface area contributed by atoms with Gasteiger partial charge in [-0.3, -0.25) is 0 Å². The monoisotopic (exact) mass is 816 g/mol. The Kier molecular flexibility index (Phi) is 11.3. The minimum atomic E-state index is -1.45. The van der Waals surface area contributed by atoms with Gasteiger partial charge in [-0.15, -0.1) is 0 Å². The van der Waals surface area contributed by atoms with Gasteiger partial charge in [-0.1, -0.05) is 64.1 Å².